The van der Waals surface area contributed by atoms with Gasteiger partial charge in [0, 0.05) is 19.4 Å². The molecule has 4 aliphatic carbocycles. The second-order valence-corrected chi connectivity index (χ2v) is 18.0. The van der Waals surface area contributed by atoms with Crippen molar-refractivity contribution in [2.75, 3.05) is 20.3 Å². The number of hydrogen-bond donors (Lipinski definition) is 8. The molecule has 6 fully saturated rings. The Morgan fingerprint density at radius 2 is 1.55 bits per heavy atom. The van der Waals surface area contributed by atoms with Crippen LogP contribution in [-0.2, 0) is 23.7 Å². The molecule has 51 heavy (non-hydrogen) atoms. The fourth-order valence-electron chi connectivity index (χ4n) is 12.1. The van der Waals surface area contributed by atoms with Gasteiger partial charge in [0.05, 0.1) is 43.2 Å². The minimum atomic E-state index is -1.44. The van der Waals surface area contributed by atoms with E-state index in [0.717, 1.165) is 25.7 Å². The Hall–Kier alpha value is -0.520. The average Bonchev–Trinajstić information content (AvgIpc) is 3.53. The van der Waals surface area contributed by atoms with Gasteiger partial charge in [0.1, 0.15) is 36.6 Å². The lowest BCUT2D eigenvalue weighted by Crippen LogP contribution is -2.68. The molecule has 6 rings (SSSR count). The van der Waals surface area contributed by atoms with E-state index in [1.54, 1.807) is 0 Å². The third kappa shape index (κ3) is 6.97. The first kappa shape index (κ1) is 40.2. The van der Waals surface area contributed by atoms with Crippen molar-refractivity contribution in [2.24, 2.45) is 46.3 Å². The fourth-order valence-corrected chi connectivity index (χ4v) is 12.1. The largest absolute Gasteiger partial charge is 0.394 e. The number of aliphatic hydroxyl groups is 8. The van der Waals surface area contributed by atoms with Gasteiger partial charge in [-0.2, -0.15) is 0 Å². The molecule has 2 heterocycles. The van der Waals surface area contributed by atoms with E-state index < -0.39 is 79.7 Å². The molecule has 0 spiro atoms. The Balaban J connectivity index is 1.13. The van der Waals surface area contributed by atoms with Crippen LogP contribution in [0.3, 0.4) is 0 Å². The summed E-state index contributed by atoms with van der Waals surface area (Å²) in [6, 6.07) is 0. The fraction of sp³-hybridized carbons (Fsp3) is 1.00. The zero-order valence-corrected chi connectivity index (χ0v) is 31.3. The highest BCUT2D eigenvalue weighted by atomic mass is 16.8. The SMILES string of the molecule is COC1COC(OC2C(O[C@@H](CC[C@@H](C)[C@H]3C[C@@H](O)C4[C@]5(O)C[C@H](O)C6C[C@@H](O)CC[C@]6(C)C5CC[C@@]43C)C(C)C)OC(CO)C2O)C(O)C1O. The molecule has 20 atom stereocenters. The molecule has 8 N–H and O–H groups in total. The standard InChI is InChI=1S/C38H66O13/c1-18(2)25(49-35-32(30(44)26(16-39)50-35)51-34-31(45)29(43)27(47-6)17-48-34)8-7-19(3)21-14-23(41)33-37(21,5)12-10-28-36(4)11-9-20(40)13-22(36)24(42)15-38(28,33)46/h18-35,39-46H,7-17H2,1-6H3/t19-,20+,21-,22?,23-,24+,25+,26?,27?,28?,29?,30?,31?,32?,33?,34?,35?,36+,37-,38+/m1/s1. The summed E-state index contributed by atoms with van der Waals surface area (Å²) in [6.07, 6.45) is -5.39. The van der Waals surface area contributed by atoms with E-state index in [1.807, 2.05) is 13.8 Å². The van der Waals surface area contributed by atoms with E-state index in [9.17, 15) is 40.9 Å². The van der Waals surface area contributed by atoms with Crippen LogP contribution in [0.5, 0.6) is 0 Å². The summed E-state index contributed by atoms with van der Waals surface area (Å²) in [7, 11) is 1.41. The normalized spacial score (nSPS) is 52.6. The van der Waals surface area contributed by atoms with Gasteiger partial charge in [-0.1, -0.05) is 34.6 Å². The van der Waals surface area contributed by atoms with Crippen molar-refractivity contribution >= 4 is 0 Å². The Labute approximate surface area is 302 Å². The van der Waals surface area contributed by atoms with Gasteiger partial charge >= 0.3 is 0 Å². The molecule has 13 heteroatoms. The Morgan fingerprint density at radius 1 is 0.843 bits per heavy atom. The highest BCUT2D eigenvalue weighted by molar-refractivity contribution is 5.20. The number of fused-ring (bicyclic) bond motifs is 5. The van der Waals surface area contributed by atoms with Crippen LogP contribution in [0.4, 0.5) is 0 Å². The van der Waals surface area contributed by atoms with Gasteiger partial charge in [0.25, 0.3) is 0 Å². The minimum absolute atomic E-state index is 0.0250. The second kappa shape index (κ2) is 15.2. The zero-order chi connectivity index (χ0) is 37.2. The Morgan fingerprint density at radius 3 is 2.22 bits per heavy atom. The molecule has 0 radical (unpaired) electrons. The van der Waals surface area contributed by atoms with Crippen LogP contribution in [-0.4, -0.2) is 140 Å². The van der Waals surface area contributed by atoms with Crippen molar-refractivity contribution in [2.45, 2.75) is 172 Å². The third-order valence-electron chi connectivity index (χ3n) is 14.9. The molecular weight excluding hydrogens is 664 g/mol. The Kier molecular flexibility index (Phi) is 12.0. The molecule has 13 nitrogen and oxygen atoms in total. The molecule has 4 saturated carbocycles. The lowest BCUT2D eigenvalue weighted by Gasteiger charge is -2.66. The van der Waals surface area contributed by atoms with Crippen molar-refractivity contribution in [3.8, 4) is 0 Å². The van der Waals surface area contributed by atoms with Crippen LogP contribution in [0, 0.1) is 46.3 Å². The monoisotopic (exact) mass is 730 g/mol. The van der Waals surface area contributed by atoms with Gasteiger partial charge in [-0.05, 0) is 91.8 Å². The predicted molar refractivity (Wildman–Crippen MR) is 183 cm³/mol. The topological polar surface area (TPSA) is 208 Å². The summed E-state index contributed by atoms with van der Waals surface area (Å²) in [5, 5.41) is 88.3. The summed E-state index contributed by atoms with van der Waals surface area (Å²) in [6.45, 7) is 10.2. The Bertz CT molecular complexity index is 1180. The molecule has 0 aromatic heterocycles. The maximum atomic E-state index is 12.6. The first-order valence-electron chi connectivity index (χ1n) is 19.5. The number of rotatable bonds is 11. The first-order chi connectivity index (χ1) is 24.0. The summed E-state index contributed by atoms with van der Waals surface area (Å²) in [4.78, 5) is 0. The molecule has 0 bridgehead atoms. The van der Waals surface area contributed by atoms with E-state index in [1.165, 1.54) is 7.11 Å². The van der Waals surface area contributed by atoms with Crippen LogP contribution in [0.15, 0.2) is 0 Å². The predicted octanol–water partition coefficient (Wildman–Crippen LogP) is 1.08. The summed E-state index contributed by atoms with van der Waals surface area (Å²) >= 11 is 0. The molecular formula is C38H66O13. The molecule has 0 amide bonds. The zero-order valence-electron chi connectivity index (χ0n) is 31.3. The quantitative estimate of drug-likeness (QED) is 0.150. The van der Waals surface area contributed by atoms with Gasteiger partial charge in [0.2, 0.25) is 0 Å². The van der Waals surface area contributed by atoms with E-state index in [0.29, 0.717) is 25.7 Å². The van der Waals surface area contributed by atoms with E-state index in [4.69, 9.17) is 23.7 Å². The van der Waals surface area contributed by atoms with Gasteiger partial charge in [-0.25, -0.2) is 0 Å². The molecule has 6 aliphatic rings. The third-order valence-corrected chi connectivity index (χ3v) is 14.9. The molecule has 11 unspecified atom stereocenters. The molecule has 0 aromatic carbocycles. The lowest BCUT2D eigenvalue weighted by atomic mass is 9.42. The number of methoxy groups -OCH3 is 1. The van der Waals surface area contributed by atoms with Gasteiger partial charge < -0.3 is 64.5 Å². The van der Waals surface area contributed by atoms with Crippen LogP contribution < -0.4 is 0 Å². The molecule has 2 saturated heterocycles. The van der Waals surface area contributed by atoms with Crippen molar-refractivity contribution in [1.82, 2.24) is 0 Å². The van der Waals surface area contributed by atoms with Crippen molar-refractivity contribution in [3.05, 3.63) is 0 Å². The maximum absolute atomic E-state index is 12.6. The van der Waals surface area contributed by atoms with Crippen LogP contribution >= 0.6 is 0 Å². The van der Waals surface area contributed by atoms with Crippen molar-refractivity contribution in [3.63, 3.8) is 0 Å². The second-order valence-electron chi connectivity index (χ2n) is 18.0. The van der Waals surface area contributed by atoms with E-state index >= 15 is 0 Å². The smallest absolute Gasteiger partial charge is 0.187 e. The molecule has 2 aliphatic heterocycles. The van der Waals surface area contributed by atoms with Crippen LogP contribution in [0.1, 0.15) is 92.4 Å². The minimum Gasteiger partial charge on any atom is -0.394 e. The summed E-state index contributed by atoms with van der Waals surface area (Å²) in [5.74, 6) is -0.102. The van der Waals surface area contributed by atoms with Crippen LogP contribution in [0.25, 0.3) is 0 Å². The van der Waals surface area contributed by atoms with Gasteiger partial charge in [0.15, 0.2) is 12.6 Å². The van der Waals surface area contributed by atoms with Crippen molar-refractivity contribution < 1.29 is 64.5 Å². The van der Waals surface area contributed by atoms with Crippen molar-refractivity contribution in [1.29, 1.82) is 0 Å². The lowest BCUT2D eigenvalue weighted by molar-refractivity contribution is -0.309. The highest BCUT2D eigenvalue weighted by Crippen LogP contribution is 2.69. The first-order valence-corrected chi connectivity index (χ1v) is 19.5. The van der Waals surface area contributed by atoms with Crippen LogP contribution in [0.2, 0.25) is 0 Å². The molecule has 0 aromatic rings. The van der Waals surface area contributed by atoms with Gasteiger partial charge in [-0.3, -0.25) is 0 Å². The summed E-state index contributed by atoms with van der Waals surface area (Å²) in [5.41, 5.74) is -1.81. The summed E-state index contributed by atoms with van der Waals surface area (Å²) < 4.78 is 29.2. The number of aliphatic hydroxyl groups excluding tert-OH is 7. The molecule has 296 valence electrons. The van der Waals surface area contributed by atoms with E-state index in [2.05, 4.69) is 20.8 Å². The van der Waals surface area contributed by atoms with E-state index in [-0.39, 0.29) is 65.5 Å². The number of hydrogen-bond acceptors (Lipinski definition) is 13. The number of ether oxygens (including phenoxy) is 5. The highest BCUT2D eigenvalue weighted by Gasteiger charge is 2.70. The van der Waals surface area contributed by atoms with Gasteiger partial charge in [-0.15, -0.1) is 0 Å². The maximum Gasteiger partial charge on any atom is 0.187 e. The average molecular weight is 731 g/mol.